The van der Waals surface area contributed by atoms with Crippen molar-refractivity contribution < 1.29 is 9.53 Å². The summed E-state index contributed by atoms with van der Waals surface area (Å²) >= 11 is 0. The zero-order chi connectivity index (χ0) is 17.6. The van der Waals surface area contributed by atoms with Gasteiger partial charge in [-0.3, -0.25) is 9.48 Å². The monoisotopic (exact) mass is 348 g/mol. The van der Waals surface area contributed by atoms with Crippen molar-refractivity contribution in [2.75, 3.05) is 32.8 Å². The first kappa shape index (κ1) is 18.4. The van der Waals surface area contributed by atoms with Crippen LogP contribution in [0, 0.1) is 5.92 Å². The summed E-state index contributed by atoms with van der Waals surface area (Å²) in [7, 11) is 0. The fourth-order valence-corrected chi connectivity index (χ4v) is 4.02. The van der Waals surface area contributed by atoms with Crippen LogP contribution in [0.25, 0.3) is 0 Å². The van der Waals surface area contributed by atoms with E-state index >= 15 is 0 Å². The number of hydrogen-bond donors (Lipinski definition) is 0. The summed E-state index contributed by atoms with van der Waals surface area (Å²) in [6.45, 7) is 9.99. The number of ether oxygens (including phenoxy) is 1. The fraction of sp³-hybridized carbons (Fsp3) is 0.789. The zero-order valence-electron chi connectivity index (χ0n) is 15.7. The van der Waals surface area contributed by atoms with E-state index in [9.17, 15) is 4.79 Å². The highest BCUT2D eigenvalue weighted by Crippen LogP contribution is 2.22. The molecule has 1 aromatic heterocycles. The van der Waals surface area contributed by atoms with Crippen molar-refractivity contribution in [1.82, 2.24) is 19.6 Å². The Bertz CT molecular complexity index is 549. The van der Waals surface area contributed by atoms with E-state index in [2.05, 4.69) is 28.5 Å². The van der Waals surface area contributed by atoms with Crippen LogP contribution < -0.4 is 0 Å². The minimum absolute atomic E-state index is 0.117. The summed E-state index contributed by atoms with van der Waals surface area (Å²) in [5.41, 5.74) is 1.12. The zero-order valence-corrected chi connectivity index (χ0v) is 15.7. The number of rotatable bonds is 7. The first-order valence-corrected chi connectivity index (χ1v) is 9.82. The van der Waals surface area contributed by atoms with Crippen LogP contribution in [0.4, 0.5) is 0 Å². The quantitative estimate of drug-likeness (QED) is 0.758. The Hall–Kier alpha value is -1.40. The smallest absolute Gasteiger partial charge is 0.248 e. The largest absolute Gasteiger partial charge is 0.368 e. The molecular weight excluding hydrogens is 316 g/mol. The van der Waals surface area contributed by atoms with E-state index in [0.29, 0.717) is 12.5 Å². The topological polar surface area (TPSA) is 50.6 Å². The van der Waals surface area contributed by atoms with Gasteiger partial charge < -0.3 is 14.5 Å². The minimum atomic E-state index is 0.117. The summed E-state index contributed by atoms with van der Waals surface area (Å²) in [5.74, 6) is 0.516. The highest BCUT2D eigenvalue weighted by molar-refractivity contribution is 5.77. The van der Waals surface area contributed by atoms with Gasteiger partial charge in [-0.1, -0.05) is 26.7 Å². The van der Waals surface area contributed by atoms with Crippen LogP contribution in [0.1, 0.15) is 45.2 Å². The van der Waals surface area contributed by atoms with Crippen LogP contribution in [0.2, 0.25) is 0 Å². The normalized spacial score (nSPS) is 21.6. The number of fused-ring (bicyclic) bond motifs is 1. The predicted octanol–water partition coefficient (Wildman–Crippen LogP) is 2.14. The molecule has 1 amide bonds. The van der Waals surface area contributed by atoms with Crippen LogP contribution in [-0.4, -0.2) is 64.4 Å². The lowest BCUT2D eigenvalue weighted by atomic mass is 10.1. The fourth-order valence-electron chi connectivity index (χ4n) is 4.02. The molecule has 0 spiro atoms. The number of aromatic nitrogens is 2. The van der Waals surface area contributed by atoms with Gasteiger partial charge in [0.15, 0.2) is 0 Å². The van der Waals surface area contributed by atoms with Crippen molar-refractivity contribution in [2.45, 2.75) is 58.7 Å². The molecule has 0 aromatic carbocycles. The Morgan fingerprint density at radius 2 is 2.04 bits per heavy atom. The molecule has 1 aromatic rings. The number of nitrogens with zero attached hydrogens (tertiary/aromatic N) is 4. The van der Waals surface area contributed by atoms with E-state index in [0.717, 1.165) is 51.3 Å². The van der Waals surface area contributed by atoms with E-state index in [1.165, 1.54) is 12.8 Å². The number of amides is 1. The van der Waals surface area contributed by atoms with Crippen LogP contribution in [0.3, 0.4) is 0 Å². The van der Waals surface area contributed by atoms with Gasteiger partial charge in [-0.05, 0) is 32.0 Å². The number of carbonyl (C=O) groups excluding carboxylic acids is 1. The third-order valence-corrected chi connectivity index (χ3v) is 5.58. The van der Waals surface area contributed by atoms with Crippen molar-refractivity contribution in [3.8, 4) is 0 Å². The summed E-state index contributed by atoms with van der Waals surface area (Å²) in [6, 6.07) is 2.03. The van der Waals surface area contributed by atoms with Crippen LogP contribution in [-0.2, 0) is 22.6 Å². The van der Waals surface area contributed by atoms with Gasteiger partial charge in [-0.25, -0.2) is 0 Å². The van der Waals surface area contributed by atoms with E-state index in [4.69, 9.17) is 4.74 Å². The minimum Gasteiger partial charge on any atom is -0.368 e. The standard InChI is InChI=1S/C19H32N4O2/c1-3-21(4-2)11-16-12-22(14-17-9-10-20-23(17)13-16)19(24)15-25-18-7-5-6-8-18/h9-10,16,18H,3-8,11-15H2,1-2H3. The maximum absolute atomic E-state index is 12.8. The Kier molecular flexibility index (Phi) is 6.48. The first-order valence-electron chi connectivity index (χ1n) is 9.82. The van der Waals surface area contributed by atoms with Crippen molar-refractivity contribution in [3.63, 3.8) is 0 Å². The molecule has 1 unspecified atom stereocenters. The van der Waals surface area contributed by atoms with E-state index in [-0.39, 0.29) is 18.6 Å². The molecule has 0 bridgehead atoms. The Balaban J connectivity index is 1.63. The molecule has 1 saturated carbocycles. The molecule has 25 heavy (non-hydrogen) atoms. The van der Waals surface area contributed by atoms with Gasteiger partial charge in [-0.15, -0.1) is 0 Å². The summed E-state index contributed by atoms with van der Waals surface area (Å²) in [4.78, 5) is 17.2. The molecule has 2 heterocycles. The lowest BCUT2D eigenvalue weighted by Gasteiger charge is -2.28. The van der Waals surface area contributed by atoms with Crippen LogP contribution >= 0.6 is 0 Å². The summed E-state index contributed by atoms with van der Waals surface area (Å²) in [5, 5.41) is 4.46. The van der Waals surface area contributed by atoms with Crippen molar-refractivity contribution >= 4 is 5.91 Å². The second-order valence-corrected chi connectivity index (χ2v) is 7.35. The van der Waals surface area contributed by atoms with Gasteiger partial charge in [0.1, 0.15) is 6.61 Å². The van der Waals surface area contributed by atoms with E-state index in [1.54, 1.807) is 0 Å². The molecule has 140 valence electrons. The summed E-state index contributed by atoms with van der Waals surface area (Å²) in [6.07, 6.45) is 6.79. The average Bonchev–Trinajstić information content (AvgIpc) is 3.26. The number of carbonyl (C=O) groups is 1. The molecule has 1 aliphatic heterocycles. The third-order valence-electron chi connectivity index (χ3n) is 5.58. The average molecular weight is 348 g/mol. The molecule has 1 atom stereocenters. The van der Waals surface area contributed by atoms with E-state index in [1.807, 2.05) is 17.2 Å². The van der Waals surface area contributed by atoms with Gasteiger partial charge in [0.2, 0.25) is 5.91 Å². The van der Waals surface area contributed by atoms with Crippen LogP contribution in [0.15, 0.2) is 12.3 Å². The first-order chi connectivity index (χ1) is 12.2. The Morgan fingerprint density at radius 3 is 2.76 bits per heavy atom. The second kappa shape index (κ2) is 8.81. The highest BCUT2D eigenvalue weighted by atomic mass is 16.5. The molecule has 0 radical (unpaired) electrons. The van der Waals surface area contributed by atoms with Crippen molar-refractivity contribution in [2.24, 2.45) is 5.92 Å². The van der Waals surface area contributed by atoms with Crippen molar-refractivity contribution in [3.05, 3.63) is 18.0 Å². The van der Waals surface area contributed by atoms with Crippen molar-refractivity contribution in [1.29, 1.82) is 0 Å². The van der Waals surface area contributed by atoms with Gasteiger partial charge in [0, 0.05) is 31.7 Å². The molecule has 1 aliphatic carbocycles. The van der Waals surface area contributed by atoms with Gasteiger partial charge >= 0.3 is 0 Å². The SMILES string of the molecule is CCN(CC)CC1CN(C(=O)COC2CCCC2)Cc2ccnn2C1. The molecule has 3 rings (SSSR count). The second-order valence-electron chi connectivity index (χ2n) is 7.35. The Labute approximate surface area is 151 Å². The summed E-state index contributed by atoms with van der Waals surface area (Å²) < 4.78 is 7.93. The predicted molar refractivity (Wildman–Crippen MR) is 97.1 cm³/mol. The van der Waals surface area contributed by atoms with Gasteiger partial charge in [0.25, 0.3) is 0 Å². The maximum Gasteiger partial charge on any atom is 0.248 e. The van der Waals surface area contributed by atoms with E-state index < -0.39 is 0 Å². The lowest BCUT2D eigenvalue weighted by Crippen LogP contribution is -2.40. The third kappa shape index (κ3) is 4.82. The van der Waals surface area contributed by atoms with Gasteiger partial charge in [-0.2, -0.15) is 5.10 Å². The molecule has 0 saturated heterocycles. The van der Waals surface area contributed by atoms with Gasteiger partial charge in [0.05, 0.1) is 18.3 Å². The maximum atomic E-state index is 12.8. The molecule has 6 nitrogen and oxygen atoms in total. The van der Waals surface area contributed by atoms with Crippen LogP contribution in [0.5, 0.6) is 0 Å². The highest BCUT2D eigenvalue weighted by Gasteiger charge is 2.27. The molecule has 6 heteroatoms. The molecule has 0 N–H and O–H groups in total. The Morgan fingerprint density at radius 1 is 1.28 bits per heavy atom. The molecule has 1 fully saturated rings. The molecular formula is C19H32N4O2. The number of hydrogen-bond acceptors (Lipinski definition) is 4. The lowest BCUT2D eigenvalue weighted by molar-refractivity contribution is -0.139. The molecule has 2 aliphatic rings.